The van der Waals surface area contributed by atoms with Gasteiger partial charge in [-0.05, 0) is 13.8 Å². The van der Waals surface area contributed by atoms with Crippen LogP contribution >= 0.6 is 0 Å². The number of rotatable bonds is 8. The summed E-state index contributed by atoms with van der Waals surface area (Å²) in [5.41, 5.74) is 28.2. The molecule has 5 amide bonds. The number of methoxy groups -OCH3 is 2. The van der Waals surface area contributed by atoms with Crippen molar-refractivity contribution in [1.82, 2.24) is 10.2 Å². The van der Waals surface area contributed by atoms with Gasteiger partial charge in [0.15, 0.2) is 0 Å². The Labute approximate surface area is 209 Å². The van der Waals surface area contributed by atoms with Crippen LogP contribution in [0, 0.1) is 0 Å². The van der Waals surface area contributed by atoms with Gasteiger partial charge in [-0.3, -0.25) is 28.9 Å². The minimum atomic E-state index is -0.333. The van der Waals surface area contributed by atoms with E-state index < -0.39 is 0 Å². The molecule has 0 saturated heterocycles. The molecule has 0 aromatic heterocycles. The molecule has 15 nitrogen and oxygen atoms in total. The minimum Gasteiger partial charge on any atom is -0.370 e. The van der Waals surface area contributed by atoms with Gasteiger partial charge in [0.1, 0.15) is 12.5 Å². The fourth-order valence-corrected chi connectivity index (χ4v) is 1.36. The third-order valence-electron chi connectivity index (χ3n) is 2.47. The number of primary amides is 4. The first-order valence-corrected chi connectivity index (χ1v) is 10.4. The van der Waals surface area contributed by atoms with Crippen LogP contribution in [0.1, 0.15) is 48.5 Å². The quantitative estimate of drug-likeness (QED) is 0.130. The van der Waals surface area contributed by atoms with Gasteiger partial charge >= 0.3 is 0 Å². The molecule has 2 atom stereocenters. The second-order valence-corrected chi connectivity index (χ2v) is 6.37. The highest BCUT2D eigenvalue weighted by Crippen LogP contribution is 2.06. The maximum Gasteiger partial charge on any atom is 0.223 e. The lowest BCUT2D eigenvalue weighted by atomic mass is 10.4. The first-order chi connectivity index (χ1) is 15.9. The number of nitrogens with zero attached hydrogens (tertiary/aromatic N) is 1. The molecular weight excluding hydrogens is 464 g/mol. The van der Waals surface area contributed by atoms with E-state index >= 15 is 0 Å². The van der Waals surface area contributed by atoms with Crippen LogP contribution in [0.3, 0.4) is 0 Å². The zero-order chi connectivity index (χ0) is 29.6. The van der Waals surface area contributed by atoms with Crippen LogP contribution in [0.2, 0.25) is 0 Å². The average Bonchev–Trinajstić information content (AvgIpc) is 2.66. The Bertz CT molecular complexity index is 460. The fourth-order valence-electron chi connectivity index (χ4n) is 1.36. The lowest BCUT2D eigenvalue weighted by Gasteiger charge is -2.31. The maximum atomic E-state index is 11.1. The molecule has 13 N–H and O–H groups in total. The number of nitrogens with two attached hydrogens (primary N) is 6. The number of hydrogen-bond donors (Lipinski definition) is 7. The molecule has 212 valence electrons. The largest absolute Gasteiger partial charge is 0.370 e. The van der Waals surface area contributed by atoms with Crippen molar-refractivity contribution in [2.24, 2.45) is 34.4 Å². The molecule has 0 aromatic carbocycles. The van der Waals surface area contributed by atoms with E-state index in [9.17, 15) is 24.0 Å². The van der Waals surface area contributed by atoms with E-state index in [-0.39, 0.29) is 42.0 Å². The summed E-state index contributed by atoms with van der Waals surface area (Å²) >= 11 is 0. The molecule has 15 heteroatoms. The molecule has 0 aliphatic heterocycles. The molecule has 2 unspecified atom stereocenters. The van der Waals surface area contributed by atoms with Crippen molar-refractivity contribution < 1.29 is 33.4 Å². The smallest absolute Gasteiger partial charge is 0.223 e. The van der Waals surface area contributed by atoms with Gasteiger partial charge in [-0.15, -0.1) is 0 Å². The summed E-state index contributed by atoms with van der Waals surface area (Å²) < 4.78 is 10.0. The van der Waals surface area contributed by atoms with E-state index in [1.807, 2.05) is 0 Å². The molecule has 0 rings (SSSR count). The number of hydrogen-bond acceptors (Lipinski definition) is 10. The third kappa shape index (κ3) is 90.0. The van der Waals surface area contributed by atoms with Crippen LogP contribution in [-0.4, -0.2) is 87.3 Å². The Kier molecular flexibility index (Phi) is 46.6. The van der Waals surface area contributed by atoms with Crippen molar-refractivity contribution in [1.29, 1.82) is 0 Å². The van der Waals surface area contributed by atoms with E-state index in [0.717, 1.165) is 13.1 Å². The maximum absolute atomic E-state index is 11.1. The number of carbonyl (C=O) groups is 5. The molecule has 0 radical (unpaired) electrons. The summed E-state index contributed by atoms with van der Waals surface area (Å²) in [6.45, 7) is 13.5. The molecule has 0 fully saturated rings. The summed E-state index contributed by atoms with van der Waals surface area (Å²) in [6.07, 6.45) is -0.505. The summed E-state index contributed by atoms with van der Waals surface area (Å²) in [6, 6.07) is 0. The minimum absolute atomic E-state index is 0.0568. The van der Waals surface area contributed by atoms with Gasteiger partial charge in [0.2, 0.25) is 29.5 Å². The van der Waals surface area contributed by atoms with E-state index in [1.54, 1.807) is 28.1 Å². The predicted molar refractivity (Wildman–Crippen MR) is 136 cm³/mol. The van der Waals surface area contributed by atoms with E-state index in [2.05, 4.69) is 28.3 Å². The molecule has 0 heterocycles. The number of ether oxygens (including phenoxy) is 2. The van der Waals surface area contributed by atoms with Crippen molar-refractivity contribution in [3.05, 3.63) is 0 Å². The molecule has 0 aromatic rings. The Morgan fingerprint density at radius 1 is 0.657 bits per heavy atom. The number of nitrogens with one attached hydrogen (secondary N) is 1. The SMILES string of the molecule is CC(N)=O.CC(N)=O.CC(N)=O.CC(N)=O.COC(C)N(C(C)=O)C(C)OC.NCCNCCN. The third-order valence-corrected chi connectivity index (χ3v) is 2.47. The lowest BCUT2D eigenvalue weighted by Crippen LogP contribution is -2.45. The highest BCUT2D eigenvalue weighted by atomic mass is 16.5. The van der Waals surface area contributed by atoms with Crippen molar-refractivity contribution in [2.75, 3.05) is 40.4 Å². The first-order valence-electron chi connectivity index (χ1n) is 10.4. The second-order valence-electron chi connectivity index (χ2n) is 6.37. The molecule has 0 aliphatic carbocycles. The Balaban J connectivity index is -0.0000000783. The number of amides is 5. The molecular formula is C20H50N8O7. The Hall–Kier alpha value is -2.85. The van der Waals surface area contributed by atoms with Gasteiger partial charge in [-0.2, -0.15) is 0 Å². The molecule has 35 heavy (non-hydrogen) atoms. The monoisotopic (exact) mass is 514 g/mol. The fraction of sp³-hybridized carbons (Fsp3) is 0.750. The van der Waals surface area contributed by atoms with Crippen molar-refractivity contribution in [3.8, 4) is 0 Å². The van der Waals surface area contributed by atoms with Gasteiger partial charge in [-0.1, -0.05) is 0 Å². The lowest BCUT2D eigenvalue weighted by molar-refractivity contribution is -0.161. The van der Waals surface area contributed by atoms with Crippen molar-refractivity contribution >= 4 is 29.5 Å². The van der Waals surface area contributed by atoms with Crippen LogP contribution in [0.5, 0.6) is 0 Å². The topological polar surface area (TPSA) is 275 Å². The molecule has 0 bridgehead atoms. The van der Waals surface area contributed by atoms with Gasteiger partial charge in [0.25, 0.3) is 0 Å². The van der Waals surface area contributed by atoms with Gasteiger partial charge in [-0.25, -0.2) is 0 Å². The highest BCUT2D eigenvalue weighted by Gasteiger charge is 2.21. The van der Waals surface area contributed by atoms with Crippen LogP contribution in [0.25, 0.3) is 0 Å². The molecule has 0 aliphatic rings. The summed E-state index contributed by atoms with van der Waals surface area (Å²) in [5, 5.41) is 3.03. The van der Waals surface area contributed by atoms with Crippen LogP contribution in [0.4, 0.5) is 0 Å². The zero-order valence-electron chi connectivity index (χ0n) is 22.8. The molecule has 0 saturated carbocycles. The van der Waals surface area contributed by atoms with E-state index in [0.29, 0.717) is 13.1 Å². The average molecular weight is 515 g/mol. The summed E-state index contributed by atoms with van der Waals surface area (Å²) in [7, 11) is 3.12. The Morgan fingerprint density at radius 3 is 0.971 bits per heavy atom. The van der Waals surface area contributed by atoms with Crippen LogP contribution < -0.4 is 39.7 Å². The Morgan fingerprint density at radius 2 is 0.857 bits per heavy atom. The zero-order valence-corrected chi connectivity index (χ0v) is 22.8. The van der Waals surface area contributed by atoms with Gasteiger partial charge in [0, 0.05) is 75.0 Å². The summed E-state index contributed by atoms with van der Waals surface area (Å²) in [4.78, 5) is 49.5. The first kappa shape index (κ1) is 45.6. The van der Waals surface area contributed by atoms with Crippen LogP contribution in [-0.2, 0) is 33.4 Å². The van der Waals surface area contributed by atoms with Crippen molar-refractivity contribution in [2.45, 2.75) is 60.9 Å². The highest BCUT2D eigenvalue weighted by molar-refractivity contribution is 5.73. The summed E-state index contributed by atoms with van der Waals surface area (Å²) in [5.74, 6) is -1.39. The van der Waals surface area contributed by atoms with E-state index in [1.165, 1.54) is 39.5 Å². The standard InChI is InChI=1S/C8H17NO3.C4H13N3.4C2H5NO/c1-6(10)9(7(2)11-4)8(3)12-5;5-1-3-7-4-2-6;4*1-2(3)4/h7-8H,1-5H3;7H,1-6H2;4*1H3,(H2,3,4). The number of carbonyl (C=O) groups excluding carboxylic acids is 5. The van der Waals surface area contributed by atoms with Gasteiger partial charge < -0.3 is 49.2 Å². The second kappa shape index (κ2) is 35.7. The predicted octanol–water partition coefficient (Wildman–Crippen LogP) is -2.72. The van der Waals surface area contributed by atoms with Gasteiger partial charge in [0.05, 0.1) is 0 Å². The van der Waals surface area contributed by atoms with E-state index in [4.69, 9.17) is 20.9 Å². The van der Waals surface area contributed by atoms with Crippen LogP contribution in [0.15, 0.2) is 0 Å². The normalized spacial score (nSPS) is 10.0. The van der Waals surface area contributed by atoms with Crippen molar-refractivity contribution in [3.63, 3.8) is 0 Å². The molecule has 0 spiro atoms.